The summed E-state index contributed by atoms with van der Waals surface area (Å²) in [6.07, 6.45) is -0.0915. The molecule has 3 aromatic carbocycles. The van der Waals surface area contributed by atoms with Gasteiger partial charge < -0.3 is 19.1 Å². The highest BCUT2D eigenvalue weighted by molar-refractivity contribution is 6.25. The first kappa shape index (κ1) is 31.2. The lowest BCUT2D eigenvalue weighted by atomic mass is 9.69. The molecule has 2 atom stereocenters. The lowest BCUT2D eigenvalue weighted by Crippen LogP contribution is -2.83. The number of likely N-dealkylation sites (tertiary alicyclic amines) is 1. The van der Waals surface area contributed by atoms with Crippen LogP contribution in [0.25, 0.3) is 0 Å². The fourth-order valence-corrected chi connectivity index (χ4v) is 5.10. The van der Waals surface area contributed by atoms with Gasteiger partial charge in [0.05, 0.1) is 0 Å². The fourth-order valence-electron chi connectivity index (χ4n) is 5.10. The number of carbonyl (C=O) groups is 5. The van der Waals surface area contributed by atoms with Gasteiger partial charge in [0.15, 0.2) is 0 Å². The zero-order valence-electron chi connectivity index (χ0n) is 24.6. The third-order valence-electron chi connectivity index (χ3n) is 7.00. The topological polar surface area (TPSA) is 116 Å². The number of carbonyl (C=O) groups excluding carboxylic acids is 5. The molecule has 9 nitrogen and oxygen atoms in total. The summed E-state index contributed by atoms with van der Waals surface area (Å²) in [5.74, 6) is -6.54. The molecule has 0 N–H and O–H groups in total. The van der Waals surface area contributed by atoms with Crippen LogP contribution in [0.2, 0.25) is 0 Å². The van der Waals surface area contributed by atoms with Gasteiger partial charge in [-0.15, -0.1) is 0 Å². The maximum Gasteiger partial charge on any atom is 0.345 e. The van der Waals surface area contributed by atoms with E-state index in [2.05, 4.69) is 0 Å². The van der Waals surface area contributed by atoms with E-state index in [9.17, 15) is 24.0 Å². The Labute approximate surface area is 250 Å². The van der Waals surface area contributed by atoms with E-state index in [-0.39, 0.29) is 19.6 Å². The molecule has 224 valence electrons. The van der Waals surface area contributed by atoms with Crippen molar-refractivity contribution >= 4 is 29.6 Å². The highest BCUT2D eigenvalue weighted by atomic mass is 16.6. The molecule has 0 saturated carbocycles. The molecule has 3 aromatic rings. The van der Waals surface area contributed by atoms with E-state index in [0.717, 1.165) is 11.8 Å². The van der Waals surface area contributed by atoms with Crippen molar-refractivity contribution < 1.29 is 38.2 Å². The van der Waals surface area contributed by atoms with Gasteiger partial charge in [-0.25, -0.2) is 14.4 Å². The van der Waals surface area contributed by atoms with E-state index in [0.29, 0.717) is 16.7 Å². The minimum atomic E-state index is -2.55. The Hall–Kier alpha value is -4.79. The molecule has 1 amide bonds. The number of amides is 1. The van der Waals surface area contributed by atoms with Crippen molar-refractivity contribution in [3.05, 3.63) is 108 Å². The Morgan fingerprint density at radius 1 is 0.744 bits per heavy atom. The van der Waals surface area contributed by atoms with Crippen LogP contribution < -0.4 is 0 Å². The molecule has 43 heavy (non-hydrogen) atoms. The largest absolute Gasteiger partial charge is 0.459 e. The third-order valence-corrected chi connectivity index (χ3v) is 7.00. The summed E-state index contributed by atoms with van der Waals surface area (Å²) in [6.45, 7) is 5.62. The Bertz CT molecular complexity index is 1410. The van der Waals surface area contributed by atoms with Crippen LogP contribution in [0, 0.1) is 5.92 Å². The molecule has 0 bridgehead atoms. The lowest BCUT2D eigenvalue weighted by molar-refractivity contribution is -0.212. The number of hydrogen-bond acceptors (Lipinski definition) is 8. The van der Waals surface area contributed by atoms with Gasteiger partial charge in [-0.1, -0.05) is 91.0 Å². The SMILES string of the molecule is CC(=O)[C@@H]1C(=O)N([C@H](Cc2ccccc2)C(=O)OC(C)(C)C)C1(C(=O)OCc1ccccc1)C(=O)OCc1ccccc1. The average Bonchev–Trinajstić information content (AvgIpc) is 2.97. The molecule has 1 fully saturated rings. The summed E-state index contributed by atoms with van der Waals surface area (Å²) in [4.78, 5) is 69.4. The minimum Gasteiger partial charge on any atom is -0.459 e. The standard InChI is InChI=1S/C34H35NO8/c1-23(36)28-29(37)35(27(30(38)43-33(2,3)4)20-24-14-8-5-9-15-24)34(28,31(39)41-21-25-16-10-6-11-17-25)32(40)42-22-26-18-12-7-13-19-26/h5-19,27-28H,20-22H2,1-4H3/t27-,28-/m1/s1. The quantitative estimate of drug-likeness (QED) is 0.142. The summed E-state index contributed by atoms with van der Waals surface area (Å²) < 4.78 is 16.9. The summed E-state index contributed by atoms with van der Waals surface area (Å²) >= 11 is 0. The molecule has 0 unspecified atom stereocenters. The zero-order valence-corrected chi connectivity index (χ0v) is 24.6. The van der Waals surface area contributed by atoms with Crippen molar-refractivity contribution in [2.45, 2.75) is 64.5 Å². The van der Waals surface area contributed by atoms with Crippen molar-refractivity contribution in [3.8, 4) is 0 Å². The predicted octanol–water partition coefficient (Wildman–Crippen LogP) is 4.21. The molecule has 0 radical (unpaired) electrons. The average molecular weight is 586 g/mol. The van der Waals surface area contributed by atoms with Crippen LogP contribution >= 0.6 is 0 Å². The summed E-state index contributed by atoms with van der Waals surface area (Å²) in [6, 6.07) is 24.8. The van der Waals surface area contributed by atoms with Gasteiger partial charge in [-0.2, -0.15) is 0 Å². The van der Waals surface area contributed by atoms with E-state index in [1.54, 1.807) is 112 Å². The Morgan fingerprint density at radius 3 is 1.56 bits per heavy atom. The second-order valence-corrected chi connectivity index (χ2v) is 11.4. The highest BCUT2D eigenvalue weighted by Crippen LogP contribution is 2.44. The molecule has 0 spiro atoms. The lowest BCUT2D eigenvalue weighted by Gasteiger charge is -2.54. The van der Waals surface area contributed by atoms with Crippen LogP contribution in [0.3, 0.4) is 0 Å². The van der Waals surface area contributed by atoms with Crippen LogP contribution in [-0.2, 0) is 57.8 Å². The van der Waals surface area contributed by atoms with Crippen molar-refractivity contribution in [2.24, 2.45) is 5.92 Å². The molecular weight excluding hydrogens is 550 g/mol. The van der Waals surface area contributed by atoms with Gasteiger partial charge in [0.2, 0.25) is 5.91 Å². The second-order valence-electron chi connectivity index (χ2n) is 11.4. The van der Waals surface area contributed by atoms with Crippen molar-refractivity contribution in [1.29, 1.82) is 0 Å². The van der Waals surface area contributed by atoms with E-state index in [1.807, 2.05) is 0 Å². The summed E-state index contributed by atoms with van der Waals surface area (Å²) in [7, 11) is 0. The van der Waals surface area contributed by atoms with Crippen LogP contribution in [-0.4, -0.2) is 51.7 Å². The number of esters is 3. The third kappa shape index (κ3) is 6.83. The van der Waals surface area contributed by atoms with Crippen LogP contribution in [0.4, 0.5) is 0 Å². The van der Waals surface area contributed by atoms with E-state index >= 15 is 0 Å². The van der Waals surface area contributed by atoms with Crippen LogP contribution in [0.1, 0.15) is 44.4 Å². The van der Waals surface area contributed by atoms with E-state index in [1.165, 1.54) is 0 Å². The van der Waals surface area contributed by atoms with E-state index < -0.39 is 52.7 Å². The highest BCUT2D eigenvalue weighted by Gasteiger charge is 2.76. The number of benzene rings is 3. The fraction of sp³-hybridized carbons (Fsp3) is 0.324. The van der Waals surface area contributed by atoms with Gasteiger partial charge in [-0.05, 0) is 44.4 Å². The molecule has 1 aliphatic heterocycles. The smallest absolute Gasteiger partial charge is 0.345 e. The first-order valence-electron chi connectivity index (χ1n) is 14.0. The first-order chi connectivity index (χ1) is 20.4. The summed E-state index contributed by atoms with van der Waals surface area (Å²) in [5.41, 5.74) is -1.63. The maximum atomic E-state index is 14.1. The predicted molar refractivity (Wildman–Crippen MR) is 156 cm³/mol. The molecule has 1 saturated heterocycles. The van der Waals surface area contributed by atoms with Crippen molar-refractivity contribution in [1.82, 2.24) is 4.90 Å². The number of hydrogen-bond donors (Lipinski definition) is 0. The van der Waals surface area contributed by atoms with Crippen molar-refractivity contribution in [2.75, 3.05) is 0 Å². The number of ketones is 1. The zero-order chi connectivity index (χ0) is 31.2. The number of nitrogens with zero attached hydrogens (tertiary/aromatic N) is 1. The van der Waals surface area contributed by atoms with Crippen LogP contribution in [0.15, 0.2) is 91.0 Å². The Kier molecular flexibility index (Phi) is 9.43. The molecule has 0 aromatic heterocycles. The van der Waals surface area contributed by atoms with Gasteiger partial charge in [0.25, 0.3) is 5.54 Å². The summed E-state index contributed by atoms with van der Waals surface area (Å²) in [5, 5.41) is 0. The van der Waals surface area contributed by atoms with Gasteiger partial charge in [-0.3, -0.25) is 9.59 Å². The molecule has 1 heterocycles. The molecule has 4 rings (SSSR count). The number of ether oxygens (including phenoxy) is 3. The number of β-lactam (4-membered cyclic amide) rings is 1. The molecule has 9 heteroatoms. The van der Waals surface area contributed by atoms with E-state index in [4.69, 9.17) is 14.2 Å². The second kappa shape index (κ2) is 13.0. The number of Topliss-reactive ketones (excluding diaryl/α,β-unsaturated/α-hetero) is 1. The normalized spacial score (nSPS) is 16.4. The maximum absolute atomic E-state index is 14.1. The first-order valence-corrected chi connectivity index (χ1v) is 14.0. The van der Waals surface area contributed by atoms with Gasteiger partial charge in [0, 0.05) is 6.42 Å². The van der Waals surface area contributed by atoms with Crippen LogP contribution in [0.5, 0.6) is 0 Å². The molecule has 0 aliphatic carbocycles. The molecular formula is C34H35NO8. The van der Waals surface area contributed by atoms with Gasteiger partial charge in [0.1, 0.15) is 36.6 Å². The Balaban J connectivity index is 1.80. The monoisotopic (exact) mass is 585 g/mol. The van der Waals surface area contributed by atoms with Crippen molar-refractivity contribution in [3.63, 3.8) is 0 Å². The van der Waals surface area contributed by atoms with Gasteiger partial charge >= 0.3 is 17.9 Å². The Morgan fingerprint density at radius 2 is 1.16 bits per heavy atom. The number of rotatable bonds is 11. The molecule has 1 aliphatic rings. The minimum absolute atomic E-state index is 0.0915.